The number of piperazine rings is 1. The number of carbonyl (C=O) groups is 1. The highest BCUT2D eigenvalue weighted by Gasteiger charge is 2.36. The Hall–Kier alpha value is -2.69. The molecule has 3 N–H and O–H groups in total. The Kier molecular flexibility index (Phi) is 6.83. The third-order valence-corrected chi connectivity index (χ3v) is 5.60. The molecular weight excluding hydrogens is 411 g/mol. The van der Waals surface area contributed by atoms with Gasteiger partial charge in [-0.2, -0.15) is 13.2 Å². The van der Waals surface area contributed by atoms with E-state index in [0.29, 0.717) is 19.6 Å². The van der Waals surface area contributed by atoms with E-state index in [1.807, 2.05) is 20.8 Å². The molecule has 1 amide bonds. The van der Waals surface area contributed by atoms with E-state index in [9.17, 15) is 18.0 Å². The molecule has 3 atom stereocenters. The number of carbonyl (C=O) groups excluding carboxylic acids is 1. The van der Waals surface area contributed by atoms with Crippen molar-refractivity contribution in [3.8, 4) is 0 Å². The Balaban J connectivity index is 0.00000363. The summed E-state index contributed by atoms with van der Waals surface area (Å²) in [4.78, 5) is 28.1. The molecule has 1 aromatic heterocycles. The van der Waals surface area contributed by atoms with Crippen molar-refractivity contribution in [2.24, 2.45) is 10.7 Å². The van der Waals surface area contributed by atoms with Crippen LogP contribution in [0.1, 0.15) is 40.0 Å². The molecule has 2 saturated heterocycles. The van der Waals surface area contributed by atoms with Gasteiger partial charge >= 0.3 is 6.18 Å². The lowest BCUT2D eigenvalue weighted by Gasteiger charge is -2.39. The van der Waals surface area contributed by atoms with Gasteiger partial charge in [-0.1, -0.05) is 0 Å². The lowest BCUT2D eigenvalue weighted by atomic mass is 10.1. The van der Waals surface area contributed by atoms with Crippen LogP contribution in [0.4, 0.5) is 19.1 Å². The van der Waals surface area contributed by atoms with Crippen LogP contribution in [0, 0.1) is 0 Å². The summed E-state index contributed by atoms with van der Waals surface area (Å²) in [7, 11) is 0. The molecule has 3 rings (SSSR count). The molecule has 172 valence electrons. The summed E-state index contributed by atoms with van der Waals surface area (Å²) in [6.07, 6.45) is -1.33. The highest BCUT2D eigenvalue weighted by molar-refractivity contribution is 6.09. The van der Waals surface area contributed by atoms with Crippen LogP contribution in [-0.2, 0) is 11.0 Å². The molecule has 1 aromatic rings. The number of nitrogens with one attached hydrogen (secondary N) is 1. The number of hydrogen-bond donors (Lipinski definition) is 2. The number of alkyl halides is 3. The predicted molar refractivity (Wildman–Crippen MR) is 115 cm³/mol. The Bertz CT molecular complexity index is 877. The first kappa shape index (κ1) is 23.0. The van der Waals surface area contributed by atoms with E-state index in [4.69, 9.17) is 5.73 Å². The number of halogens is 3. The SMILES string of the molecule is C[C@@H]1CN(C(=O)CN=C/C(=C\N)c2cc(C(F)(F)F)nc(N3CC[C@@H]3C)n2)[C@@H](C)CN1.[HH]. The molecule has 0 unspecified atom stereocenters. The number of nitrogens with two attached hydrogens (primary N) is 1. The molecule has 0 radical (unpaired) electrons. The van der Waals surface area contributed by atoms with Gasteiger partial charge < -0.3 is 20.9 Å². The number of allylic oxidation sites excluding steroid dienone is 1. The summed E-state index contributed by atoms with van der Waals surface area (Å²) < 4.78 is 40.1. The fraction of sp³-hybridized carbons (Fsp3) is 0.600. The molecular formula is C20H30F3N7O. The minimum absolute atomic E-state index is 0. The van der Waals surface area contributed by atoms with Crippen LogP contribution >= 0.6 is 0 Å². The fourth-order valence-electron chi connectivity index (χ4n) is 3.55. The topological polar surface area (TPSA) is 99.7 Å². The van der Waals surface area contributed by atoms with Crippen molar-refractivity contribution in [2.45, 2.75) is 51.5 Å². The Morgan fingerprint density at radius 2 is 2.10 bits per heavy atom. The van der Waals surface area contributed by atoms with Crippen LogP contribution in [-0.4, -0.2) is 71.3 Å². The van der Waals surface area contributed by atoms with E-state index >= 15 is 0 Å². The van der Waals surface area contributed by atoms with Crippen LogP contribution in [0.2, 0.25) is 0 Å². The summed E-state index contributed by atoms with van der Waals surface area (Å²) in [5.41, 5.74) is 4.81. The average molecular weight is 442 g/mol. The van der Waals surface area contributed by atoms with Crippen molar-refractivity contribution in [3.63, 3.8) is 0 Å². The van der Waals surface area contributed by atoms with E-state index in [1.165, 1.54) is 6.21 Å². The Morgan fingerprint density at radius 3 is 2.68 bits per heavy atom. The van der Waals surface area contributed by atoms with Crippen molar-refractivity contribution < 1.29 is 19.4 Å². The quantitative estimate of drug-likeness (QED) is 0.678. The van der Waals surface area contributed by atoms with Crippen LogP contribution < -0.4 is 16.0 Å². The zero-order valence-electron chi connectivity index (χ0n) is 17.9. The highest BCUT2D eigenvalue weighted by Crippen LogP contribution is 2.32. The second-order valence-electron chi connectivity index (χ2n) is 8.06. The second-order valence-corrected chi connectivity index (χ2v) is 8.06. The molecule has 11 heteroatoms. The molecule has 2 aliphatic heterocycles. The third kappa shape index (κ3) is 5.33. The maximum atomic E-state index is 13.4. The number of amides is 1. The Morgan fingerprint density at radius 1 is 1.35 bits per heavy atom. The lowest BCUT2D eigenvalue weighted by molar-refractivity contribution is -0.141. The van der Waals surface area contributed by atoms with E-state index in [-0.39, 0.29) is 49.2 Å². The second kappa shape index (κ2) is 9.21. The predicted octanol–water partition coefficient (Wildman–Crippen LogP) is 1.92. The molecule has 0 saturated carbocycles. The maximum Gasteiger partial charge on any atom is 0.433 e. The summed E-state index contributed by atoms with van der Waals surface area (Å²) in [6.45, 7) is 7.58. The van der Waals surface area contributed by atoms with Gasteiger partial charge in [-0.15, -0.1) is 0 Å². The third-order valence-electron chi connectivity index (χ3n) is 5.60. The minimum Gasteiger partial charge on any atom is -0.404 e. The largest absolute Gasteiger partial charge is 0.433 e. The molecule has 0 aliphatic carbocycles. The normalized spacial score (nSPS) is 25.1. The van der Waals surface area contributed by atoms with Gasteiger partial charge in [0.25, 0.3) is 0 Å². The summed E-state index contributed by atoms with van der Waals surface area (Å²) in [6, 6.07) is 1.14. The number of nitrogens with zero attached hydrogens (tertiary/aromatic N) is 5. The number of aliphatic imine (C=N–C) groups is 1. The smallest absolute Gasteiger partial charge is 0.404 e. The average Bonchev–Trinajstić information content (AvgIpc) is 2.70. The first-order chi connectivity index (χ1) is 14.6. The lowest BCUT2D eigenvalue weighted by Crippen LogP contribution is -2.56. The monoisotopic (exact) mass is 441 g/mol. The maximum absolute atomic E-state index is 13.4. The van der Waals surface area contributed by atoms with Gasteiger partial charge in [0.1, 0.15) is 6.54 Å². The number of hydrogen-bond acceptors (Lipinski definition) is 7. The molecule has 8 nitrogen and oxygen atoms in total. The van der Waals surface area contributed by atoms with Gasteiger partial charge in [-0.3, -0.25) is 9.79 Å². The van der Waals surface area contributed by atoms with Gasteiger partial charge in [-0.05, 0) is 33.3 Å². The van der Waals surface area contributed by atoms with Crippen molar-refractivity contribution in [2.75, 3.05) is 31.1 Å². The first-order valence-electron chi connectivity index (χ1n) is 10.3. The van der Waals surface area contributed by atoms with Crippen LogP contribution in [0.25, 0.3) is 5.57 Å². The summed E-state index contributed by atoms with van der Waals surface area (Å²) >= 11 is 0. The summed E-state index contributed by atoms with van der Waals surface area (Å²) in [5.74, 6) is -0.140. The zero-order chi connectivity index (χ0) is 22.8. The van der Waals surface area contributed by atoms with E-state index in [0.717, 1.165) is 18.7 Å². The molecule has 3 heterocycles. The molecule has 0 spiro atoms. The molecule has 0 bridgehead atoms. The molecule has 31 heavy (non-hydrogen) atoms. The van der Waals surface area contributed by atoms with Gasteiger partial charge in [0, 0.05) is 57.2 Å². The minimum atomic E-state index is -4.62. The summed E-state index contributed by atoms with van der Waals surface area (Å²) in [5, 5.41) is 3.30. The van der Waals surface area contributed by atoms with Crippen LogP contribution in [0.3, 0.4) is 0 Å². The van der Waals surface area contributed by atoms with Crippen molar-refractivity contribution >= 4 is 23.6 Å². The van der Waals surface area contributed by atoms with E-state index in [1.54, 1.807) is 9.80 Å². The Labute approximate surface area is 180 Å². The van der Waals surface area contributed by atoms with Crippen molar-refractivity contribution in [1.29, 1.82) is 0 Å². The van der Waals surface area contributed by atoms with Crippen molar-refractivity contribution in [1.82, 2.24) is 20.2 Å². The van der Waals surface area contributed by atoms with E-state index in [2.05, 4.69) is 20.3 Å². The number of rotatable bonds is 5. The first-order valence-corrected chi connectivity index (χ1v) is 10.3. The van der Waals surface area contributed by atoms with Crippen LogP contribution in [0.15, 0.2) is 17.3 Å². The standard InChI is InChI=1S/C20H28F3N7O.H2/c1-12-11-30(14(3)8-26-12)18(31)10-25-9-15(7-24)16-6-17(20(21,22)23)28-19(27-16)29-5-4-13(29)2;/h6-7,9,12-14,26H,4-5,8,10-11,24H2,1-3H3;1H/b15-7+,25-9?;/t12-,13+,14+;/m1./s1. The zero-order valence-corrected chi connectivity index (χ0v) is 17.9. The van der Waals surface area contributed by atoms with Crippen LogP contribution in [0.5, 0.6) is 0 Å². The van der Waals surface area contributed by atoms with Gasteiger partial charge in [0.2, 0.25) is 11.9 Å². The molecule has 0 aromatic carbocycles. The fourth-order valence-corrected chi connectivity index (χ4v) is 3.55. The number of anilines is 1. The molecule has 2 fully saturated rings. The number of aromatic nitrogens is 2. The van der Waals surface area contributed by atoms with Crippen molar-refractivity contribution in [3.05, 3.63) is 23.7 Å². The van der Waals surface area contributed by atoms with E-state index < -0.39 is 11.9 Å². The highest BCUT2D eigenvalue weighted by atomic mass is 19.4. The van der Waals surface area contributed by atoms with Gasteiger partial charge in [0.15, 0.2) is 5.69 Å². The van der Waals surface area contributed by atoms with Gasteiger partial charge in [-0.25, -0.2) is 9.97 Å². The molecule has 2 aliphatic rings. The van der Waals surface area contributed by atoms with Gasteiger partial charge in [0.05, 0.1) is 5.69 Å².